The second-order valence-corrected chi connectivity index (χ2v) is 13.1. The van der Waals surface area contributed by atoms with Gasteiger partial charge >= 0.3 is 17.9 Å². The zero-order valence-corrected chi connectivity index (χ0v) is 26.5. The number of aliphatic hydroxyl groups excluding tert-OH is 1. The van der Waals surface area contributed by atoms with Crippen molar-refractivity contribution in [3.63, 3.8) is 0 Å². The smallest absolute Gasteiger partial charge is 0.343 e. The van der Waals surface area contributed by atoms with Gasteiger partial charge in [0.2, 0.25) is 5.85 Å². The third-order valence-corrected chi connectivity index (χ3v) is 9.09. The number of carboxylic acids is 1. The number of fused-ring (bicyclic) bond motifs is 1. The number of nitrogens with one attached hydrogen (secondary N) is 2. The second-order valence-electron chi connectivity index (χ2n) is 10.8. The zero-order valence-electron chi connectivity index (χ0n) is 25.6. The summed E-state index contributed by atoms with van der Waals surface area (Å²) < 4.78 is 38.1. The molecule has 5 atom stereocenters. The van der Waals surface area contributed by atoms with Gasteiger partial charge in [0.1, 0.15) is 18.4 Å². The van der Waals surface area contributed by atoms with Crippen molar-refractivity contribution in [3.8, 4) is 0 Å². The van der Waals surface area contributed by atoms with Crippen molar-refractivity contribution in [1.29, 1.82) is 0 Å². The van der Waals surface area contributed by atoms with E-state index in [4.69, 9.17) is 18.9 Å². The average molecular weight is 646 g/mol. The van der Waals surface area contributed by atoms with Crippen molar-refractivity contribution >= 4 is 36.4 Å². The molecular formula is C25H40N7O11P. The maximum Gasteiger partial charge on any atom is 0.343 e. The van der Waals surface area contributed by atoms with Crippen LogP contribution in [0.2, 0.25) is 0 Å². The number of hydrogen-bond donors (Lipinski definition) is 4. The van der Waals surface area contributed by atoms with Gasteiger partial charge in [-0.05, 0) is 34.1 Å². The molecule has 3 heterocycles. The van der Waals surface area contributed by atoms with Crippen molar-refractivity contribution in [1.82, 2.24) is 34.9 Å². The first-order valence-electron chi connectivity index (χ1n) is 14.1. The molecule has 2 aromatic rings. The molecule has 2 aromatic heterocycles. The van der Waals surface area contributed by atoms with Gasteiger partial charge in [-0.15, -0.1) is 5.10 Å². The van der Waals surface area contributed by atoms with Crippen LogP contribution in [0.25, 0.3) is 11.0 Å². The van der Waals surface area contributed by atoms with E-state index in [9.17, 15) is 34.0 Å². The van der Waals surface area contributed by atoms with E-state index >= 15 is 0 Å². The van der Waals surface area contributed by atoms with Crippen LogP contribution in [0.5, 0.6) is 0 Å². The van der Waals surface area contributed by atoms with Gasteiger partial charge in [0.25, 0.3) is 13.0 Å². The van der Waals surface area contributed by atoms with Crippen molar-refractivity contribution < 1.29 is 48.1 Å². The predicted molar refractivity (Wildman–Crippen MR) is 152 cm³/mol. The number of ether oxygens (including phenoxy) is 4. The molecule has 0 saturated carbocycles. The minimum Gasteiger partial charge on any atom is -0.479 e. The highest BCUT2D eigenvalue weighted by Gasteiger charge is 2.52. The first kappa shape index (κ1) is 35.2. The van der Waals surface area contributed by atoms with Crippen LogP contribution < -0.4 is 15.7 Å². The molecule has 0 bridgehead atoms. The average Bonchev–Trinajstić information content (AvgIpc) is 3.41. The van der Waals surface area contributed by atoms with Crippen molar-refractivity contribution in [2.45, 2.75) is 111 Å². The monoisotopic (exact) mass is 645 g/mol. The highest BCUT2D eigenvalue weighted by atomic mass is 31.2. The molecule has 0 spiro atoms. The van der Waals surface area contributed by atoms with E-state index in [1.54, 1.807) is 27.7 Å². The summed E-state index contributed by atoms with van der Waals surface area (Å²) in [6.45, 7) is 9.56. The molecule has 246 valence electrons. The molecule has 0 aromatic carbocycles. The first-order chi connectivity index (χ1) is 20.6. The van der Waals surface area contributed by atoms with Gasteiger partial charge in [-0.25, -0.2) is 19.7 Å². The highest BCUT2D eigenvalue weighted by molar-refractivity contribution is 7.61. The lowest BCUT2D eigenvalue weighted by Gasteiger charge is -2.30. The van der Waals surface area contributed by atoms with E-state index in [0.717, 1.165) is 23.2 Å². The molecule has 0 amide bonds. The number of carboxylic acid groups (broad SMARTS) is 1. The molecule has 19 heteroatoms. The lowest BCUT2D eigenvalue weighted by atomic mass is 10.1. The number of aliphatic hydroxyl groups is 1. The SMILES string of the molecule is CCCc1nn(CO)c2c(=O)n(C3OC(COC(C(=O)O)P(=O)(NC(C)C)NC(C)C)C(OC(C)=O)C3OC(C)=O)nnc12. The second kappa shape index (κ2) is 14.7. The number of aromatic nitrogens is 5. The Morgan fingerprint density at radius 1 is 1.07 bits per heavy atom. The summed E-state index contributed by atoms with van der Waals surface area (Å²) in [5.74, 6) is -5.07. The summed E-state index contributed by atoms with van der Waals surface area (Å²) in [6.07, 6.45) is -4.60. The van der Waals surface area contributed by atoms with Crippen LogP contribution in [0.3, 0.4) is 0 Å². The summed E-state index contributed by atoms with van der Waals surface area (Å²) in [5, 5.41) is 37.7. The zero-order chi connectivity index (χ0) is 32.9. The lowest BCUT2D eigenvalue weighted by molar-refractivity contribution is -0.166. The molecule has 1 fully saturated rings. The molecule has 0 aliphatic carbocycles. The largest absolute Gasteiger partial charge is 0.479 e. The fourth-order valence-electron chi connectivity index (χ4n) is 4.88. The molecule has 4 N–H and O–H groups in total. The van der Waals surface area contributed by atoms with Crippen molar-refractivity contribution in [2.75, 3.05) is 6.61 Å². The summed E-state index contributed by atoms with van der Waals surface area (Å²) in [7, 11) is -3.94. The summed E-state index contributed by atoms with van der Waals surface area (Å²) >= 11 is 0. The van der Waals surface area contributed by atoms with Crippen LogP contribution in [0.4, 0.5) is 0 Å². The van der Waals surface area contributed by atoms with Crippen LogP contribution in [-0.2, 0) is 51.0 Å². The summed E-state index contributed by atoms with van der Waals surface area (Å²) in [4.78, 5) is 50.2. The number of nitrogens with zero attached hydrogens (tertiary/aromatic N) is 5. The molecular weight excluding hydrogens is 605 g/mol. The van der Waals surface area contributed by atoms with Gasteiger partial charge in [-0.1, -0.05) is 18.6 Å². The van der Waals surface area contributed by atoms with Crippen LogP contribution in [0.15, 0.2) is 4.79 Å². The molecule has 3 rings (SSSR count). The number of esters is 2. The standard InChI is InChI=1S/C25H40N7O11P/c1-8-9-16-18-19(31(11-33)27-16)22(36)32(30-26-18)23-21(42-15(7)35)20(41-14(6)34)17(43-23)10-40-25(24(37)38)44(39,28-12(2)3)29-13(4)5/h12-13,17,20-21,23,25,33H,8-11H2,1-7H3,(H,37,38)(H2,28,29,39). The Morgan fingerprint density at radius 2 is 1.66 bits per heavy atom. The van der Waals surface area contributed by atoms with Gasteiger partial charge in [0, 0.05) is 25.9 Å². The number of aryl methyl sites for hydroxylation is 1. The predicted octanol–water partition coefficient (Wildman–Crippen LogP) is 0.268. The Morgan fingerprint density at radius 3 is 2.16 bits per heavy atom. The first-order valence-corrected chi connectivity index (χ1v) is 15.9. The van der Waals surface area contributed by atoms with E-state index in [2.05, 4.69) is 25.6 Å². The Balaban J connectivity index is 2.06. The summed E-state index contributed by atoms with van der Waals surface area (Å²) in [6, 6.07) is -0.783. The molecule has 5 unspecified atom stereocenters. The fourth-order valence-corrected chi connectivity index (χ4v) is 7.37. The van der Waals surface area contributed by atoms with Crippen LogP contribution in [0.1, 0.15) is 66.8 Å². The van der Waals surface area contributed by atoms with Crippen molar-refractivity contribution in [2.24, 2.45) is 0 Å². The molecule has 44 heavy (non-hydrogen) atoms. The number of carbonyl (C=O) groups excluding carboxylic acids is 2. The molecule has 0 radical (unpaired) electrons. The van der Waals surface area contributed by atoms with Gasteiger partial charge in [-0.2, -0.15) is 9.78 Å². The fraction of sp³-hybridized carbons (Fsp3) is 0.720. The minimum absolute atomic E-state index is 0.0914. The Bertz CT molecular complexity index is 1450. The van der Waals surface area contributed by atoms with E-state index in [1.165, 1.54) is 0 Å². The van der Waals surface area contributed by atoms with E-state index in [1.807, 2.05) is 6.92 Å². The molecule has 1 aliphatic heterocycles. The molecule has 1 saturated heterocycles. The third kappa shape index (κ3) is 7.86. The number of hydrogen-bond acceptors (Lipinski definition) is 13. The Hall–Kier alpha value is -3.28. The normalized spacial score (nSPS) is 21.2. The van der Waals surface area contributed by atoms with E-state index < -0.39 is 86.7 Å². The number of rotatable bonds is 15. The number of aliphatic carboxylic acids is 1. The van der Waals surface area contributed by atoms with Crippen LogP contribution in [0, 0.1) is 0 Å². The highest BCUT2D eigenvalue weighted by Crippen LogP contribution is 2.45. The van der Waals surface area contributed by atoms with E-state index in [-0.39, 0.29) is 11.0 Å². The summed E-state index contributed by atoms with van der Waals surface area (Å²) in [5.41, 5.74) is -0.294. The van der Waals surface area contributed by atoms with Crippen LogP contribution >= 0.6 is 7.44 Å². The molecule has 1 aliphatic rings. The topological polar surface area (TPSA) is 235 Å². The number of carbonyl (C=O) groups is 3. The minimum atomic E-state index is -3.94. The maximum atomic E-state index is 13.8. The van der Waals surface area contributed by atoms with Crippen LogP contribution in [-0.4, -0.2) is 95.7 Å². The molecule has 18 nitrogen and oxygen atoms in total. The van der Waals surface area contributed by atoms with Gasteiger partial charge in [-0.3, -0.25) is 18.9 Å². The quantitative estimate of drug-likeness (QED) is 0.150. The Kier molecular flexibility index (Phi) is 11.7. The Labute approximate surface area is 252 Å². The van der Waals surface area contributed by atoms with Gasteiger partial charge in [0.15, 0.2) is 24.0 Å². The third-order valence-electron chi connectivity index (χ3n) is 6.26. The van der Waals surface area contributed by atoms with Gasteiger partial charge < -0.3 is 29.2 Å². The van der Waals surface area contributed by atoms with Gasteiger partial charge in [0.05, 0.1) is 12.3 Å². The van der Waals surface area contributed by atoms with E-state index in [0.29, 0.717) is 18.5 Å². The lowest BCUT2D eigenvalue weighted by Crippen LogP contribution is -2.44. The maximum absolute atomic E-state index is 13.8. The van der Waals surface area contributed by atoms with Crippen molar-refractivity contribution in [3.05, 3.63) is 16.0 Å².